The van der Waals surface area contributed by atoms with Crippen LogP contribution in [-0.4, -0.2) is 9.97 Å². The summed E-state index contributed by atoms with van der Waals surface area (Å²) in [5.41, 5.74) is 7.63. The summed E-state index contributed by atoms with van der Waals surface area (Å²) in [5.74, 6) is 0.449. The maximum Gasteiger partial charge on any atom is 0.141 e. The molecule has 1 heterocycles. The SMILES string of the molecule is CC(NCc1cnc(N)cn1)c1ccccc1. The molecule has 1 aromatic heterocycles. The summed E-state index contributed by atoms with van der Waals surface area (Å²) in [5, 5.41) is 3.39. The number of nitrogens with two attached hydrogens (primary N) is 1. The van der Waals surface area contributed by atoms with E-state index < -0.39 is 0 Å². The van der Waals surface area contributed by atoms with Gasteiger partial charge in [0.15, 0.2) is 0 Å². The van der Waals surface area contributed by atoms with Crippen LogP contribution in [0.4, 0.5) is 5.82 Å². The van der Waals surface area contributed by atoms with Crippen molar-refractivity contribution in [1.82, 2.24) is 15.3 Å². The molecule has 0 spiro atoms. The second kappa shape index (κ2) is 5.41. The Morgan fingerprint density at radius 3 is 2.59 bits per heavy atom. The van der Waals surface area contributed by atoms with E-state index in [4.69, 9.17) is 5.73 Å². The minimum absolute atomic E-state index is 0.288. The number of nitrogens with one attached hydrogen (secondary N) is 1. The standard InChI is InChI=1S/C13H16N4/c1-10(11-5-3-2-4-6-11)15-7-12-8-17-13(14)9-16-12/h2-6,8-10,15H,7H2,1H3,(H2,14,17). The van der Waals surface area contributed by atoms with Crippen LogP contribution < -0.4 is 11.1 Å². The zero-order valence-corrected chi connectivity index (χ0v) is 9.80. The van der Waals surface area contributed by atoms with Gasteiger partial charge in [-0.3, -0.25) is 4.98 Å². The molecule has 1 aromatic carbocycles. The molecule has 0 saturated heterocycles. The van der Waals surface area contributed by atoms with Gasteiger partial charge in [-0.2, -0.15) is 0 Å². The predicted molar refractivity (Wildman–Crippen MR) is 68.1 cm³/mol. The van der Waals surface area contributed by atoms with Crippen LogP contribution >= 0.6 is 0 Å². The molecule has 0 aliphatic carbocycles. The second-order valence-electron chi connectivity index (χ2n) is 3.95. The topological polar surface area (TPSA) is 63.8 Å². The van der Waals surface area contributed by atoms with E-state index in [2.05, 4.69) is 34.3 Å². The van der Waals surface area contributed by atoms with Gasteiger partial charge in [0.2, 0.25) is 0 Å². The molecular formula is C13H16N4. The monoisotopic (exact) mass is 228 g/mol. The summed E-state index contributed by atoms with van der Waals surface area (Å²) in [7, 11) is 0. The van der Waals surface area contributed by atoms with E-state index in [9.17, 15) is 0 Å². The van der Waals surface area contributed by atoms with Crippen molar-refractivity contribution in [3.8, 4) is 0 Å². The lowest BCUT2D eigenvalue weighted by atomic mass is 10.1. The van der Waals surface area contributed by atoms with Gasteiger partial charge in [0.05, 0.1) is 18.1 Å². The molecule has 0 amide bonds. The molecule has 4 heteroatoms. The van der Waals surface area contributed by atoms with Crippen LogP contribution in [0.25, 0.3) is 0 Å². The van der Waals surface area contributed by atoms with Crippen molar-refractivity contribution in [2.45, 2.75) is 19.5 Å². The Morgan fingerprint density at radius 1 is 1.18 bits per heavy atom. The molecule has 0 bridgehead atoms. The fourth-order valence-corrected chi connectivity index (χ4v) is 1.57. The van der Waals surface area contributed by atoms with Crippen molar-refractivity contribution >= 4 is 5.82 Å². The lowest BCUT2D eigenvalue weighted by Gasteiger charge is -2.13. The molecule has 1 unspecified atom stereocenters. The third-order valence-electron chi connectivity index (χ3n) is 2.61. The Labute approximate surface area is 101 Å². The third-order valence-corrected chi connectivity index (χ3v) is 2.61. The minimum atomic E-state index is 0.288. The summed E-state index contributed by atoms with van der Waals surface area (Å²) in [6.07, 6.45) is 3.27. The number of nitrogen functional groups attached to an aromatic ring is 1. The molecule has 2 rings (SSSR count). The van der Waals surface area contributed by atoms with Gasteiger partial charge >= 0.3 is 0 Å². The molecule has 0 saturated carbocycles. The first kappa shape index (κ1) is 11.5. The molecule has 0 aliphatic heterocycles. The highest BCUT2D eigenvalue weighted by Crippen LogP contribution is 2.11. The van der Waals surface area contributed by atoms with Gasteiger partial charge in [-0.25, -0.2) is 4.98 Å². The number of hydrogen-bond acceptors (Lipinski definition) is 4. The van der Waals surface area contributed by atoms with Gasteiger partial charge in [-0.1, -0.05) is 30.3 Å². The van der Waals surface area contributed by atoms with Crippen molar-refractivity contribution in [2.24, 2.45) is 0 Å². The maximum atomic E-state index is 5.48. The third kappa shape index (κ3) is 3.26. The molecule has 0 aliphatic rings. The number of hydrogen-bond donors (Lipinski definition) is 2. The number of anilines is 1. The molecule has 1 atom stereocenters. The van der Waals surface area contributed by atoms with Crippen molar-refractivity contribution in [1.29, 1.82) is 0 Å². The number of nitrogens with zero attached hydrogens (tertiary/aromatic N) is 2. The van der Waals surface area contributed by atoms with Gasteiger partial charge in [0, 0.05) is 12.6 Å². The van der Waals surface area contributed by atoms with Crippen molar-refractivity contribution in [3.05, 3.63) is 54.0 Å². The number of benzene rings is 1. The van der Waals surface area contributed by atoms with E-state index in [1.165, 1.54) is 5.56 Å². The largest absolute Gasteiger partial charge is 0.382 e. The molecule has 17 heavy (non-hydrogen) atoms. The molecule has 2 aromatic rings. The van der Waals surface area contributed by atoms with E-state index in [-0.39, 0.29) is 6.04 Å². The van der Waals surface area contributed by atoms with Crippen molar-refractivity contribution in [2.75, 3.05) is 5.73 Å². The Morgan fingerprint density at radius 2 is 1.94 bits per heavy atom. The highest BCUT2D eigenvalue weighted by Gasteiger charge is 2.04. The van der Waals surface area contributed by atoms with Gasteiger partial charge in [-0.15, -0.1) is 0 Å². The average Bonchev–Trinajstić information content (AvgIpc) is 2.39. The zero-order valence-electron chi connectivity index (χ0n) is 9.80. The van der Waals surface area contributed by atoms with Crippen LogP contribution in [0, 0.1) is 0 Å². The maximum absolute atomic E-state index is 5.48. The fourth-order valence-electron chi connectivity index (χ4n) is 1.57. The Balaban J connectivity index is 1.92. The van der Waals surface area contributed by atoms with Crippen LogP contribution in [0.15, 0.2) is 42.7 Å². The Kier molecular flexibility index (Phi) is 3.67. The first-order chi connectivity index (χ1) is 8.25. The summed E-state index contributed by atoms with van der Waals surface area (Å²) in [4.78, 5) is 8.20. The van der Waals surface area contributed by atoms with Gasteiger partial charge < -0.3 is 11.1 Å². The Hall–Kier alpha value is -1.94. The van der Waals surface area contributed by atoms with Crippen LogP contribution in [0.5, 0.6) is 0 Å². The number of rotatable bonds is 4. The van der Waals surface area contributed by atoms with Crippen molar-refractivity contribution < 1.29 is 0 Å². The van der Waals surface area contributed by atoms with Crippen LogP contribution in [0.3, 0.4) is 0 Å². The summed E-state index contributed by atoms with van der Waals surface area (Å²) in [6, 6.07) is 10.6. The van der Waals surface area contributed by atoms with Crippen molar-refractivity contribution in [3.63, 3.8) is 0 Å². The molecule has 88 valence electrons. The van der Waals surface area contributed by atoms with Gasteiger partial charge in [-0.05, 0) is 12.5 Å². The first-order valence-corrected chi connectivity index (χ1v) is 5.60. The average molecular weight is 228 g/mol. The van der Waals surface area contributed by atoms with Gasteiger partial charge in [0.1, 0.15) is 5.82 Å². The first-order valence-electron chi connectivity index (χ1n) is 5.60. The zero-order chi connectivity index (χ0) is 12.1. The Bertz CT molecular complexity index is 453. The molecule has 3 N–H and O–H groups in total. The highest BCUT2D eigenvalue weighted by atomic mass is 14.9. The van der Waals surface area contributed by atoms with E-state index in [0.717, 1.165) is 5.69 Å². The highest BCUT2D eigenvalue weighted by molar-refractivity contribution is 5.23. The molecule has 4 nitrogen and oxygen atoms in total. The van der Waals surface area contributed by atoms with E-state index in [1.807, 2.05) is 18.2 Å². The van der Waals surface area contributed by atoms with Gasteiger partial charge in [0.25, 0.3) is 0 Å². The second-order valence-corrected chi connectivity index (χ2v) is 3.95. The smallest absolute Gasteiger partial charge is 0.141 e. The normalized spacial score (nSPS) is 12.3. The minimum Gasteiger partial charge on any atom is -0.382 e. The fraction of sp³-hybridized carbons (Fsp3) is 0.231. The lowest BCUT2D eigenvalue weighted by molar-refractivity contribution is 0.567. The summed E-state index contributed by atoms with van der Waals surface area (Å²) < 4.78 is 0. The number of aromatic nitrogens is 2. The van der Waals surface area contributed by atoms with E-state index in [0.29, 0.717) is 12.4 Å². The van der Waals surface area contributed by atoms with Crippen LogP contribution in [0.2, 0.25) is 0 Å². The molecular weight excluding hydrogens is 212 g/mol. The predicted octanol–water partition coefficient (Wildman–Crippen LogP) is 1.91. The molecule has 0 fully saturated rings. The van der Waals surface area contributed by atoms with E-state index in [1.54, 1.807) is 12.4 Å². The quantitative estimate of drug-likeness (QED) is 0.839. The van der Waals surface area contributed by atoms with Crippen LogP contribution in [-0.2, 0) is 6.54 Å². The van der Waals surface area contributed by atoms with E-state index >= 15 is 0 Å². The summed E-state index contributed by atoms with van der Waals surface area (Å²) in [6.45, 7) is 2.81. The molecule has 0 radical (unpaired) electrons. The lowest BCUT2D eigenvalue weighted by Crippen LogP contribution is -2.18. The summed E-state index contributed by atoms with van der Waals surface area (Å²) >= 11 is 0. The van der Waals surface area contributed by atoms with Crippen LogP contribution in [0.1, 0.15) is 24.2 Å².